The predicted octanol–water partition coefficient (Wildman–Crippen LogP) is 1.60. The van der Waals surface area contributed by atoms with Gasteiger partial charge in [-0.05, 0) is 37.7 Å². The molecular weight excluding hydrogens is 280 g/mol. The minimum absolute atomic E-state index is 0.0523. The molecule has 1 aromatic heterocycles. The first-order chi connectivity index (χ1) is 9.47. The van der Waals surface area contributed by atoms with Gasteiger partial charge in [-0.15, -0.1) is 0 Å². The van der Waals surface area contributed by atoms with E-state index in [2.05, 4.69) is 4.72 Å². The van der Waals surface area contributed by atoms with Crippen LogP contribution in [0.1, 0.15) is 48.6 Å². The Morgan fingerprint density at radius 2 is 2.05 bits per heavy atom. The quantitative estimate of drug-likeness (QED) is 0.835. The zero-order valence-electron chi connectivity index (χ0n) is 11.1. The van der Waals surface area contributed by atoms with Crippen molar-refractivity contribution in [3.63, 3.8) is 0 Å². The van der Waals surface area contributed by atoms with Crippen molar-refractivity contribution in [2.24, 2.45) is 5.92 Å². The molecule has 2 saturated carbocycles. The summed E-state index contributed by atoms with van der Waals surface area (Å²) in [5, 5.41) is 9.15. The molecule has 2 fully saturated rings. The van der Waals surface area contributed by atoms with E-state index in [0.717, 1.165) is 32.1 Å². The maximum Gasteiger partial charge on any atom is 0.352 e. The van der Waals surface area contributed by atoms with Gasteiger partial charge in [-0.2, -0.15) is 0 Å². The SMILES string of the molecule is O=C(O)c1cc(S(=O)(=O)NCC2CCC2)cn1C1CC1. The second-order valence-corrected chi connectivity index (χ2v) is 7.42. The third-order valence-electron chi connectivity index (χ3n) is 4.08. The van der Waals surface area contributed by atoms with Gasteiger partial charge in [-0.3, -0.25) is 0 Å². The molecule has 7 heteroatoms. The fourth-order valence-electron chi connectivity index (χ4n) is 2.43. The van der Waals surface area contributed by atoms with Gasteiger partial charge in [0.15, 0.2) is 0 Å². The number of aromatic carboxylic acids is 1. The summed E-state index contributed by atoms with van der Waals surface area (Å²) in [6.07, 6.45) is 6.55. The lowest BCUT2D eigenvalue weighted by molar-refractivity contribution is 0.0685. The van der Waals surface area contributed by atoms with E-state index in [4.69, 9.17) is 5.11 Å². The highest BCUT2D eigenvalue weighted by atomic mass is 32.2. The van der Waals surface area contributed by atoms with Crippen molar-refractivity contribution >= 4 is 16.0 Å². The summed E-state index contributed by atoms with van der Waals surface area (Å²) < 4.78 is 28.5. The first kappa shape index (κ1) is 13.6. The molecule has 3 rings (SSSR count). The highest BCUT2D eigenvalue weighted by molar-refractivity contribution is 7.89. The van der Waals surface area contributed by atoms with Gasteiger partial charge >= 0.3 is 5.97 Å². The molecule has 0 aliphatic heterocycles. The standard InChI is InChI=1S/C13H18N2O4S/c16-13(17)12-6-11(8-15(12)10-4-5-10)20(18,19)14-7-9-2-1-3-9/h6,8-10,14H,1-5,7H2,(H,16,17). The van der Waals surface area contributed by atoms with Gasteiger partial charge in [0.2, 0.25) is 10.0 Å². The monoisotopic (exact) mass is 298 g/mol. The molecule has 0 amide bonds. The van der Waals surface area contributed by atoms with E-state index in [1.165, 1.54) is 12.3 Å². The smallest absolute Gasteiger partial charge is 0.352 e. The van der Waals surface area contributed by atoms with Crippen molar-refractivity contribution in [2.75, 3.05) is 6.54 Å². The van der Waals surface area contributed by atoms with Crippen LogP contribution in [0.4, 0.5) is 0 Å². The lowest BCUT2D eigenvalue weighted by Gasteiger charge is -2.25. The number of hydrogen-bond acceptors (Lipinski definition) is 3. The number of nitrogens with one attached hydrogen (secondary N) is 1. The lowest BCUT2D eigenvalue weighted by atomic mass is 9.86. The molecule has 0 bridgehead atoms. The van der Waals surface area contributed by atoms with E-state index in [-0.39, 0.29) is 16.6 Å². The number of carboxylic acids is 1. The van der Waals surface area contributed by atoms with Crippen LogP contribution in [-0.2, 0) is 10.0 Å². The molecule has 1 aromatic rings. The molecule has 0 saturated heterocycles. The Labute approximate surface area is 117 Å². The van der Waals surface area contributed by atoms with Gasteiger partial charge in [0.1, 0.15) is 10.6 Å². The molecule has 0 atom stereocenters. The minimum Gasteiger partial charge on any atom is -0.477 e. The summed E-state index contributed by atoms with van der Waals surface area (Å²) in [6, 6.07) is 1.39. The van der Waals surface area contributed by atoms with Crippen LogP contribution in [0.2, 0.25) is 0 Å². The number of sulfonamides is 1. The molecule has 2 aliphatic carbocycles. The Hall–Kier alpha value is -1.34. The normalized spacial score (nSPS) is 19.8. The summed E-state index contributed by atoms with van der Waals surface area (Å²) in [4.78, 5) is 11.2. The Morgan fingerprint density at radius 1 is 1.35 bits per heavy atom. The van der Waals surface area contributed by atoms with Crippen LogP contribution in [0.3, 0.4) is 0 Å². The third-order valence-corrected chi connectivity index (χ3v) is 5.47. The van der Waals surface area contributed by atoms with Crippen molar-refractivity contribution in [1.82, 2.24) is 9.29 Å². The van der Waals surface area contributed by atoms with Crippen LogP contribution in [0.15, 0.2) is 17.2 Å². The van der Waals surface area contributed by atoms with Gasteiger partial charge in [-0.25, -0.2) is 17.9 Å². The van der Waals surface area contributed by atoms with Crippen LogP contribution in [0, 0.1) is 5.92 Å². The Morgan fingerprint density at radius 3 is 2.55 bits per heavy atom. The van der Waals surface area contributed by atoms with Gasteiger partial charge in [0.05, 0.1) is 0 Å². The topological polar surface area (TPSA) is 88.4 Å². The highest BCUT2D eigenvalue weighted by Crippen LogP contribution is 2.37. The second kappa shape index (κ2) is 4.89. The summed E-state index contributed by atoms with van der Waals surface area (Å²) >= 11 is 0. The fraction of sp³-hybridized carbons (Fsp3) is 0.615. The van der Waals surface area contributed by atoms with E-state index in [9.17, 15) is 13.2 Å². The molecule has 20 heavy (non-hydrogen) atoms. The number of nitrogens with zero attached hydrogens (tertiary/aromatic N) is 1. The largest absolute Gasteiger partial charge is 0.477 e. The second-order valence-electron chi connectivity index (χ2n) is 5.65. The van der Waals surface area contributed by atoms with Crippen molar-refractivity contribution in [1.29, 1.82) is 0 Å². The maximum absolute atomic E-state index is 12.2. The summed E-state index contributed by atoms with van der Waals surface area (Å²) in [5.74, 6) is -0.661. The summed E-state index contributed by atoms with van der Waals surface area (Å²) in [5.41, 5.74) is 0.0523. The van der Waals surface area contributed by atoms with Crippen LogP contribution < -0.4 is 4.72 Å². The molecule has 0 aromatic carbocycles. The minimum atomic E-state index is -3.61. The number of aromatic nitrogens is 1. The van der Waals surface area contributed by atoms with Crippen molar-refractivity contribution in [3.8, 4) is 0 Å². The van der Waals surface area contributed by atoms with Crippen molar-refractivity contribution < 1.29 is 18.3 Å². The van der Waals surface area contributed by atoms with Gasteiger partial charge < -0.3 is 9.67 Å². The number of rotatable bonds is 6. The lowest BCUT2D eigenvalue weighted by Crippen LogP contribution is -2.32. The van der Waals surface area contributed by atoms with Gasteiger partial charge in [0, 0.05) is 18.8 Å². The average molecular weight is 298 g/mol. The molecule has 2 N–H and O–H groups in total. The molecule has 0 radical (unpaired) electrons. The first-order valence-electron chi connectivity index (χ1n) is 6.92. The average Bonchev–Trinajstić information content (AvgIpc) is 3.04. The van der Waals surface area contributed by atoms with E-state index in [1.807, 2.05) is 0 Å². The predicted molar refractivity (Wildman–Crippen MR) is 72.2 cm³/mol. The van der Waals surface area contributed by atoms with E-state index in [0.29, 0.717) is 12.5 Å². The summed E-state index contributed by atoms with van der Waals surface area (Å²) in [7, 11) is -3.61. The van der Waals surface area contributed by atoms with Gasteiger partial charge in [0.25, 0.3) is 0 Å². The van der Waals surface area contributed by atoms with Crippen LogP contribution in [-0.4, -0.2) is 30.6 Å². The fourth-order valence-corrected chi connectivity index (χ4v) is 3.58. The Balaban J connectivity index is 1.81. The van der Waals surface area contributed by atoms with E-state index in [1.54, 1.807) is 4.57 Å². The highest BCUT2D eigenvalue weighted by Gasteiger charge is 2.30. The molecule has 6 nitrogen and oxygen atoms in total. The number of carboxylic acid groups (broad SMARTS) is 1. The van der Waals surface area contributed by atoms with Crippen molar-refractivity contribution in [3.05, 3.63) is 18.0 Å². The number of hydrogen-bond donors (Lipinski definition) is 2. The van der Waals surface area contributed by atoms with Crippen LogP contribution >= 0.6 is 0 Å². The van der Waals surface area contributed by atoms with E-state index < -0.39 is 16.0 Å². The van der Waals surface area contributed by atoms with Crippen LogP contribution in [0.5, 0.6) is 0 Å². The zero-order chi connectivity index (χ0) is 14.3. The summed E-state index contributed by atoms with van der Waals surface area (Å²) in [6.45, 7) is 0.444. The van der Waals surface area contributed by atoms with Gasteiger partial charge in [-0.1, -0.05) is 6.42 Å². The van der Waals surface area contributed by atoms with Crippen molar-refractivity contribution in [2.45, 2.75) is 43.0 Å². The van der Waals surface area contributed by atoms with Crippen LogP contribution in [0.25, 0.3) is 0 Å². The zero-order valence-corrected chi connectivity index (χ0v) is 11.9. The third kappa shape index (κ3) is 2.60. The molecule has 2 aliphatic rings. The molecular formula is C13H18N2O4S. The molecule has 0 spiro atoms. The molecule has 1 heterocycles. The number of carbonyl (C=O) groups is 1. The molecule has 0 unspecified atom stereocenters. The van der Waals surface area contributed by atoms with E-state index >= 15 is 0 Å². The Kier molecular flexibility index (Phi) is 3.33. The Bertz CT molecular complexity index is 627. The first-order valence-corrected chi connectivity index (χ1v) is 8.40. The maximum atomic E-state index is 12.2. The molecule has 110 valence electrons.